The minimum Gasteiger partial charge on any atom is -0.494 e. The second-order valence-corrected chi connectivity index (χ2v) is 9.05. The molecule has 182 valence electrons. The van der Waals surface area contributed by atoms with E-state index >= 15 is 0 Å². The van der Waals surface area contributed by atoms with E-state index in [1.807, 2.05) is 50.2 Å². The summed E-state index contributed by atoms with van der Waals surface area (Å²) in [6.07, 6.45) is 5.14. The van der Waals surface area contributed by atoms with Crippen LogP contribution in [0.1, 0.15) is 46.7 Å². The molecule has 1 N–H and O–H groups in total. The summed E-state index contributed by atoms with van der Waals surface area (Å²) in [6, 6.07) is 17.5. The molecule has 4 aromatic rings. The maximum Gasteiger partial charge on any atom is 0.269 e. The number of carbonyl (C=O) groups is 1. The van der Waals surface area contributed by atoms with Gasteiger partial charge in [0.15, 0.2) is 0 Å². The molecule has 35 heavy (non-hydrogen) atoms. The molecule has 0 saturated heterocycles. The summed E-state index contributed by atoms with van der Waals surface area (Å²) in [4.78, 5) is 21.2. The average molecular weight is 491 g/mol. The van der Waals surface area contributed by atoms with Gasteiger partial charge < -0.3 is 14.6 Å². The highest BCUT2D eigenvalue weighted by atomic mass is 35.5. The fraction of sp³-hybridized carbons (Fsp3) is 0.321. The van der Waals surface area contributed by atoms with Crippen molar-refractivity contribution in [2.24, 2.45) is 0 Å². The average Bonchev–Trinajstić information content (AvgIpc) is 3.22. The Morgan fingerprint density at radius 3 is 2.57 bits per heavy atom. The second kappa shape index (κ2) is 11.8. The van der Waals surface area contributed by atoms with Gasteiger partial charge in [0, 0.05) is 30.7 Å². The lowest BCUT2D eigenvalue weighted by Crippen LogP contribution is -2.25. The molecule has 0 radical (unpaired) electrons. The van der Waals surface area contributed by atoms with Gasteiger partial charge >= 0.3 is 0 Å². The van der Waals surface area contributed by atoms with Gasteiger partial charge in [0.25, 0.3) is 5.91 Å². The lowest BCUT2D eigenvalue weighted by atomic mass is 10.1. The molecule has 4 rings (SSSR count). The van der Waals surface area contributed by atoms with Crippen molar-refractivity contribution >= 4 is 28.5 Å². The van der Waals surface area contributed by atoms with E-state index in [1.54, 1.807) is 18.3 Å². The number of imidazole rings is 1. The predicted molar refractivity (Wildman–Crippen MR) is 140 cm³/mol. The number of para-hydroxylation sites is 2. The monoisotopic (exact) mass is 490 g/mol. The summed E-state index contributed by atoms with van der Waals surface area (Å²) in [5, 5.41) is 3.75. The first-order valence-electron chi connectivity index (χ1n) is 12.1. The molecule has 0 fully saturated rings. The maximum absolute atomic E-state index is 12.2. The van der Waals surface area contributed by atoms with E-state index in [1.165, 1.54) is 0 Å². The van der Waals surface area contributed by atoms with Crippen LogP contribution in [0.2, 0.25) is 5.02 Å². The van der Waals surface area contributed by atoms with Gasteiger partial charge in [-0.3, -0.25) is 9.78 Å². The van der Waals surface area contributed by atoms with Crippen molar-refractivity contribution in [3.63, 3.8) is 0 Å². The maximum atomic E-state index is 12.2. The van der Waals surface area contributed by atoms with Crippen LogP contribution >= 0.6 is 11.6 Å². The number of amides is 1. The number of hydrogen-bond donors (Lipinski definition) is 1. The molecule has 0 aliphatic heterocycles. The van der Waals surface area contributed by atoms with Gasteiger partial charge in [-0.2, -0.15) is 0 Å². The summed E-state index contributed by atoms with van der Waals surface area (Å²) in [5.74, 6) is 1.76. The number of nitrogens with zero attached hydrogens (tertiary/aromatic N) is 3. The number of rotatable bonds is 11. The first-order chi connectivity index (χ1) is 17.0. The highest BCUT2D eigenvalue weighted by Crippen LogP contribution is 2.26. The molecule has 0 aliphatic rings. The highest BCUT2D eigenvalue weighted by Gasteiger charge is 2.11. The van der Waals surface area contributed by atoms with Crippen LogP contribution in [-0.2, 0) is 13.0 Å². The van der Waals surface area contributed by atoms with Crippen LogP contribution in [-0.4, -0.2) is 33.6 Å². The van der Waals surface area contributed by atoms with Crippen LogP contribution in [0.5, 0.6) is 5.75 Å². The van der Waals surface area contributed by atoms with Gasteiger partial charge in [0.05, 0.1) is 17.6 Å². The van der Waals surface area contributed by atoms with Crippen molar-refractivity contribution in [3.05, 3.63) is 88.5 Å². The zero-order valence-electron chi connectivity index (χ0n) is 20.3. The van der Waals surface area contributed by atoms with Gasteiger partial charge in [-0.25, -0.2) is 4.98 Å². The molecule has 0 atom stereocenters. The lowest BCUT2D eigenvalue weighted by molar-refractivity contribution is 0.0948. The number of hydrogen-bond acceptors (Lipinski definition) is 4. The smallest absolute Gasteiger partial charge is 0.269 e. The molecule has 2 aromatic heterocycles. The van der Waals surface area contributed by atoms with Crippen molar-refractivity contribution in [2.45, 2.75) is 46.1 Å². The van der Waals surface area contributed by atoms with E-state index in [0.29, 0.717) is 18.8 Å². The third-order valence-electron chi connectivity index (χ3n) is 5.95. The number of pyridine rings is 1. The van der Waals surface area contributed by atoms with E-state index in [-0.39, 0.29) is 5.91 Å². The zero-order chi connectivity index (χ0) is 24.6. The number of nitrogens with one attached hydrogen (secondary N) is 1. The molecule has 0 bridgehead atoms. The van der Waals surface area contributed by atoms with Crippen LogP contribution < -0.4 is 10.1 Å². The van der Waals surface area contributed by atoms with Crippen molar-refractivity contribution < 1.29 is 9.53 Å². The predicted octanol–water partition coefficient (Wildman–Crippen LogP) is 5.92. The minimum atomic E-state index is -0.148. The van der Waals surface area contributed by atoms with Crippen LogP contribution in [0.25, 0.3) is 11.0 Å². The standard InChI is InChI=1S/C28H31ClN4O2/c1-20-18-22(19-21(2)27(20)29)35-17-8-7-16-33-25-12-4-3-10-23(25)32-26(33)13-9-15-31-28(34)24-11-5-6-14-30-24/h3-6,10-12,14,18-19H,7-9,13,15-17H2,1-2H3,(H,31,34). The second-order valence-electron chi connectivity index (χ2n) is 8.67. The fourth-order valence-electron chi connectivity index (χ4n) is 4.15. The number of aryl methyl sites for hydroxylation is 4. The molecule has 0 spiro atoms. The first-order valence-corrected chi connectivity index (χ1v) is 12.4. The summed E-state index contributed by atoms with van der Waals surface area (Å²) in [7, 11) is 0. The van der Waals surface area contributed by atoms with E-state index in [0.717, 1.165) is 71.0 Å². The Balaban J connectivity index is 1.29. The molecule has 0 unspecified atom stereocenters. The third kappa shape index (κ3) is 6.40. The topological polar surface area (TPSA) is 69.0 Å². The molecule has 7 heteroatoms. The van der Waals surface area contributed by atoms with Gasteiger partial charge in [0.2, 0.25) is 0 Å². The number of benzene rings is 2. The van der Waals surface area contributed by atoms with Gasteiger partial charge in [0.1, 0.15) is 17.3 Å². The summed E-state index contributed by atoms with van der Waals surface area (Å²) < 4.78 is 8.27. The van der Waals surface area contributed by atoms with Crippen LogP contribution in [0.3, 0.4) is 0 Å². The molecule has 0 saturated carbocycles. The molecule has 6 nitrogen and oxygen atoms in total. The normalized spacial score (nSPS) is 11.1. The molecular formula is C28H31ClN4O2. The first kappa shape index (κ1) is 24.7. The van der Waals surface area contributed by atoms with Gasteiger partial charge in [-0.05, 0) is 80.6 Å². The summed E-state index contributed by atoms with van der Waals surface area (Å²) >= 11 is 6.25. The Morgan fingerprint density at radius 2 is 1.80 bits per heavy atom. The number of ether oxygens (including phenoxy) is 1. The molecule has 2 aromatic carbocycles. The highest BCUT2D eigenvalue weighted by molar-refractivity contribution is 6.32. The quantitative estimate of drug-likeness (QED) is 0.265. The van der Waals surface area contributed by atoms with Crippen molar-refractivity contribution in [1.82, 2.24) is 19.9 Å². The zero-order valence-corrected chi connectivity index (χ0v) is 21.0. The number of aromatic nitrogens is 3. The Kier molecular flexibility index (Phi) is 8.37. The van der Waals surface area contributed by atoms with Crippen molar-refractivity contribution in [1.29, 1.82) is 0 Å². The fourth-order valence-corrected chi connectivity index (χ4v) is 4.26. The lowest BCUT2D eigenvalue weighted by Gasteiger charge is -2.12. The number of unbranched alkanes of at least 4 members (excludes halogenated alkanes) is 1. The van der Waals surface area contributed by atoms with Crippen LogP contribution in [0.4, 0.5) is 0 Å². The number of carbonyl (C=O) groups excluding carboxylic acids is 1. The number of halogens is 1. The van der Waals surface area contributed by atoms with E-state index in [4.69, 9.17) is 21.3 Å². The molecule has 0 aliphatic carbocycles. The van der Waals surface area contributed by atoms with Gasteiger partial charge in [-0.15, -0.1) is 0 Å². The molecule has 1 amide bonds. The van der Waals surface area contributed by atoms with E-state index < -0.39 is 0 Å². The minimum absolute atomic E-state index is 0.148. The Bertz CT molecular complexity index is 1260. The van der Waals surface area contributed by atoms with E-state index in [9.17, 15) is 4.79 Å². The Labute approximate surface area is 211 Å². The third-order valence-corrected chi connectivity index (χ3v) is 6.54. The Hall–Kier alpha value is -3.38. The molecule has 2 heterocycles. The SMILES string of the molecule is Cc1cc(OCCCCn2c(CCCNC(=O)c3ccccn3)nc3ccccc32)cc(C)c1Cl. The Morgan fingerprint density at radius 1 is 1.03 bits per heavy atom. The van der Waals surface area contributed by atoms with Crippen molar-refractivity contribution in [2.75, 3.05) is 13.2 Å². The molecular weight excluding hydrogens is 460 g/mol. The summed E-state index contributed by atoms with van der Waals surface area (Å²) in [6.45, 7) is 6.10. The van der Waals surface area contributed by atoms with Crippen LogP contribution in [0.15, 0.2) is 60.8 Å². The largest absolute Gasteiger partial charge is 0.494 e. The summed E-state index contributed by atoms with van der Waals surface area (Å²) in [5.41, 5.74) is 4.65. The van der Waals surface area contributed by atoms with Crippen LogP contribution in [0, 0.1) is 13.8 Å². The van der Waals surface area contributed by atoms with E-state index in [2.05, 4.69) is 20.9 Å². The number of fused-ring (bicyclic) bond motifs is 1. The van der Waals surface area contributed by atoms with Gasteiger partial charge in [-0.1, -0.05) is 29.8 Å². The van der Waals surface area contributed by atoms with Crippen molar-refractivity contribution in [3.8, 4) is 5.75 Å².